The molecule has 0 radical (unpaired) electrons. The van der Waals surface area contributed by atoms with Gasteiger partial charge in [-0.05, 0) is 88.4 Å². The number of halogens is 1. The molecule has 0 spiro atoms. The second-order valence-corrected chi connectivity index (χ2v) is 13.9. The van der Waals surface area contributed by atoms with Crippen LogP contribution in [0.3, 0.4) is 0 Å². The average Bonchev–Trinajstić information content (AvgIpc) is 3.83. The molecule has 0 aliphatic carbocycles. The number of aromatic amines is 1. The van der Waals surface area contributed by atoms with Crippen molar-refractivity contribution >= 4 is 40.5 Å². The number of hydrogen-bond acceptors (Lipinski definition) is 7. The fraction of sp³-hybridized carbons (Fsp3) is 0.436. The quantitative estimate of drug-likeness (QED) is 0.160. The standard InChI is InChI=1S/C39H45FN6O4/c1-3-6-27(24-47)46-23-31-29(39(46)49)7-4-8-35(31)45-16-12-25(13-17-45)14-18-50-28-10-11-30(32(40)20-28)38(48)43-37-21-33-26(22-41-37)19-34(42-33)36-9-5-15-44(36)2/h4,7-8,10-11,19-22,24-25,27,36,42H,3,5-6,9,12-18,23H2,1-2H3,(H,41,43,48). The van der Waals surface area contributed by atoms with Crippen LogP contribution in [0.2, 0.25) is 0 Å². The largest absolute Gasteiger partial charge is 0.493 e. The van der Waals surface area contributed by atoms with Crippen molar-refractivity contribution in [1.29, 1.82) is 0 Å². The molecule has 3 aliphatic rings. The van der Waals surface area contributed by atoms with Gasteiger partial charge in [0, 0.05) is 71.9 Å². The summed E-state index contributed by atoms with van der Waals surface area (Å²) in [6.45, 7) is 5.74. The first-order valence-electron chi connectivity index (χ1n) is 17.9. The molecule has 4 aromatic rings. The third-order valence-electron chi connectivity index (χ3n) is 10.7. The van der Waals surface area contributed by atoms with Crippen molar-refractivity contribution < 1.29 is 23.5 Å². The molecule has 5 heterocycles. The van der Waals surface area contributed by atoms with Gasteiger partial charge in [-0.1, -0.05) is 19.4 Å². The van der Waals surface area contributed by atoms with Crippen molar-refractivity contribution in [2.24, 2.45) is 5.92 Å². The minimum atomic E-state index is -0.651. The van der Waals surface area contributed by atoms with Crippen LogP contribution in [-0.2, 0) is 11.3 Å². The van der Waals surface area contributed by atoms with Gasteiger partial charge in [-0.3, -0.25) is 14.5 Å². The molecule has 2 amide bonds. The molecule has 2 unspecified atom stereocenters. The van der Waals surface area contributed by atoms with Gasteiger partial charge in [0.25, 0.3) is 11.8 Å². The zero-order valence-electron chi connectivity index (χ0n) is 28.8. The van der Waals surface area contributed by atoms with Crippen LogP contribution in [0.5, 0.6) is 5.75 Å². The lowest BCUT2D eigenvalue weighted by molar-refractivity contribution is -0.112. The molecule has 10 nitrogen and oxygen atoms in total. The van der Waals surface area contributed by atoms with Gasteiger partial charge in [0.1, 0.15) is 23.7 Å². The molecular weight excluding hydrogens is 635 g/mol. The first kappa shape index (κ1) is 33.7. The Kier molecular flexibility index (Phi) is 9.85. The number of amides is 2. The molecule has 0 bridgehead atoms. The van der Waals surface area contributed by atoms with E-state index in [0.29, 0.717) is 48.7 Å². The molecule has 262 valence electrons. The van der Waals surface area contributed by atoms with Crippen LogP contribution in [0.4, 0.5) is 15.9 Å². The van der Waals surface area contributed by atoms with Crippen LogP contribution in [0, 0.1) is 11.7 Å². The molecule has 7 rings (SSSR count). The van der Waals surface area contributed by atoms with Crippen molar-refractivity contribution in [3.63, 3.8) is 0 Å². The molecule has 2 aromatic carbocycles. The van der Waals surface area contributed by atoms with Crippen molar-refractivity contribution in [3.8, 4) is 5.75 Å². The van der Waals surface area contributed by atoms with E-state index in [1.807, 2.05) is 19.1 Å². The van der Waals surface area contributed by atoms with E-state index >= 15 is 4.39 Å². The molecule has 3 aliphatic heterocycles. The van der Waals surface area contributed by atoms with E-state index in [2.05, 4.69) is 44.3 Å². The summed E-state index contributed by atoms with van der Waals surface area (Å²) in [6.07, 6.45) is 9.18. The maximum atomic E-state index is 15.1. The van der Waals surface area contributed by atoms with Gasteiger partial charge in [-0.15, -0.1) is 0 Å². The number of piperidine rings is 1. The number of nitrogens with one attached hydrogen (secondary N) is 2. The number of anilines is 2. The molecule has 2 atom stereocenters. The van der Waals surface area contributed by atoms with Crippen LogP contribution < -0.4 is 15.0 Å². The van der Waals surface area contributed by atoms with Crippen LogP contribution in [-0.4, -0.2) is 77.2 Å². The summed E-state index contributed by atoms with van der Waals surface area (Å²) in [7, 11) is 2.12. The Bertz CT molecular complexity index is 1890. The number of rotatable bonds is 12. The van der Waals surface area contributed by atoms with Crippen molar-refractivity contribution in [3.05, 3.63) is 82.9 Å². The van der Waals surface area contributed by atoms with Gasteiger partial charge < -0.3 is 29.6 Å². The number of nitrogens with zero attached hydrogens (tertiary/aromatic N) is 4. The number of aromatic nitrogens is 2. The Balaban J connectivity index is 0.894. The number of carbonyl (C=O) groups is 3. The number of pyridine rings is 1. The predicted octanol–water partition coefficient (Wildman–Crippen LogP) is 6.73. The predicted molar refractivity (Wildman–Crippen MR) is 191 cm³/mol. The molecule has 2 saturated heterocycles. The Morgan fingerprint density at radius 1 is 1.14 bits per heavy atom. The van der Waals surface area contributed by atoms with Crippen LogP contribution in [0.15, 0.2) is 54.7 Å². The zero-order chi connectivity index (χ0) is 34.8. The minimum Gasteiger partial charge on any atom is -0.493 e. The molecule has 11 heteroatoms. The highest BCUT2D eigenvalue weighted by Gasteiger charge is 2.35. The fourth-order valence-electron chi connectivity index (χ4n) is 7.85. The Labute approximate surface area is 292 Å². The van der Waals surface area contributed by atoms with Gasteiger partial charge in [0.05, 0.1) is 23.7 Å². The van der Waals surface area contributed by atoms with Crippen molar-refractivity contribution in [2.75, 3.05) is 43.5 Å². The smallest absolute Gasteiger partial charge is 0.259 e. The Hall–Kier alpha value is -4.77. The van der Waals surface area contributed by atoms with Crippen molar-refractivity contribution in [1.82, 2.24) is 19.8 Å². The number of benzene rings is 2. The number of likely N-dealkylation sites (tertiary alicyclic amines) is 1. The molecule has 2 aromatic heterocycles. The number of hydrogen-bond donors (Lipinski definition) is 2. The second kappa shape index (κ2) is 14.6. The zero-order valence-corrected chi connectivity index (χ0v) is 28.8. The maximum Gasteiger partial charge on any atom is 0.259 e. The summed E-state index contributed by atoms with van der Waals surface area (Å²) in [5, 5.41) is 3.70. The Morgan fingerprint density at radius 2 is 1.98 bits per heavy atom. The van der Waals surface area contributed by atoms with Crippen LogP contribution >= 0.6 is 0 Å². The SMILES string of the molecule is CCCC(C=O)N1Cc2c(cccc2N2CCC(CCOc3ccc(C(=O)Nc4cc5[nH]c(C6CCCN6C)cc5cn4)c(F)c3)CC2)C1=O. The topological polar surface area (TPSA) is 111 Å². The molecule has 0 saturated carbocycles. The fourth-order valence-corrected chi connectivity index (χ4v) is 7.85. The lowest BCUT2D eigenvalue weighted by Crippen LogP contribution is -2.37. The Morgan fingerprint density at radius 3 is 2.72 bits per heavy atom. The summed E-state index contributed by atoms with van der Waals surface area (Å²) in [4.78, 5) is 52.0. The summed E-state index contributed by atoms with van der Waals surface area (Å²) in [5.74, 6) is -0.0792. The van der Waals surface area contributed by atoms with E-state index in [4.69, 9.17) is 4.74 Å². The third kappa shape index (κ3) is 6.83. The van der Waals surface area contributed by atoms with E-state index in [9.17, 15) is 14.4 Å². The number of ether oxygens (including phenoxy) is 1. The van der Waals surface area contributed by atoms with Gasteiger partial charge in [0.15, 0.2) is 0 Å². The van der Waals surface area contributed by atoms with Crippen molar-refractivity contribution in [2.45, 2.75) is 70.5 Å². The van der Waals surface area contributed by atoms with E-state index in [0.717, 1.165) is 92.3 Å². The number of carbonyl (C=O) groups excluding carboxylic acids is 3. The highest BCUT2D eigenvalue weighted by molar-refractivity contribution is 6.04. The first-order chi connectivity index (χ1) is 24.3. The monoisotopic (exact) mass is 680 g/mol. The van der Waals surface area contributed by atoms with Gasteiger partial charge in [-0.25, -0.2) is 9.37 Å². The highest BCUT2D eigenvalue weighted by atomic mass is 19.1. The van der Waals surface area contributed by atoms with E-state index in [1.165, 1.54) is 12.1 Å². The molecular formula is C39H45FN6O4. The second-order valence-electron chi connectivity index (χ2n) is 13.9. The summed E-state index contributed by atoms with van der Waals surface area (Å²) in [5.41, 5.74) is 4.74. The summed E-state index contributed by atoms with van der Waals surface area (Å²) < 4.78 is 21.0. The normalized spacial score (nSPS) is 18.9. The number of H-pyrrole nitrogens is 1. The summed E-state index contributed by atoms with van der Waals surface area (Å²) in [6, 6.07) is 14.1. The average molecular weight is 681 g/mol. The van der Waals surface area contributed by atoms with E-state index in [-0.39, 0.29) is 17.5 Å². The molecule has 50 heavy (non-hydrogen) atoms. The lowest BCUT2D eigenvalue weighted by Gasteiger charge is -2.34. The van der Waals surface area contributed by atoms with Gasteiger partial charge >= 0.3 is 0 Å². The van der Waals surface area contributed by atoms with Crippen LogP contribution in [0.1, 0.15) is 89.9 Å². The van der Waals surface area contributed by atoms with Gasteiger partial charge in [-0.2, -0.15) is 0 Å². The number of aldehydes is 1. The highest BCUT2D eigenvalue weighted by Crippen LogP contribution is 2.36. The van der Waals surface area contributed by atoms with Crippen LogP contribution in [0.25, 0.3) is 10.9 Å². The minimum absolute atomic E-state index is 0.0583. The lowest BCUT2D eigenvalue weighted by atomic mass is 9.93. The van der Waals surface area contributed by atoms with E-state index < -0.39 is 11.7 Å². The summed E-state index contributed by atoms with van der Waals surface area (Å²) >= 11 is 0. The first-order valence-corrected chi connectivity index (χ1v) is 17.9. The maximum absolute atomic E-state index is 15.1. The molecule has 2 fully saturated rings. The third-order valence-corrected chi connectivity index (χ3v) is 10.7. The van der Waals surface area contributed by atoms with Gasteiger partial charge in [0.2, 0.25) is 0 Å². The molecule has 2 N–H and O–H groups in total. The number of fused-ring (bicyclic) bond motifs is 2. The van der Waals surface area contributed by atoms with E-state index in [1.54, 1.807) is 23.2 Å².